The third kappa shape index (κ3) is 2.88. The molecule has 4 nitrogen and oxygen atoms in total. The number of carbonyl (C=O) groups is 2. The van der Waals surface area contributed by atoms with Crippen LogP contribution < -0.4 is 0 Å². The van der Waals surface area contributed by atoms with Crippen molar-refractivity contribution in [2.45, 2.75) is 38.2 Å². The Balaban J connectivity index is 2.00. The zero-order valence-corrected chi connectivity index (χ0v) is 11.3. The van der Waals surface area contributed by atoms with E-state index in [1.165, 1.54) is 7.11 Å². The molecule has 0 unspecified atom stereocenters. The van der Waals surface area contributed by atoms with Gasteiger partial charge in [0, 0.05) is 0 Å². The second-order valence-corrected chi connectivity index (χ2v) is 5.13. The molecule has 1 fully saturated rings. The molecule has 0 amide bonds. The molecule has 3 atom stereocenters. The third-order valence-electron chi connectivity index (χ3n) is 3.92. The van der Waals surface area contributed by atoms with Crippen LogP contribution in [0.3, 0.4) is 0 Å². The van der Waals surface area contributed by atoms with Gasteiger partial charge in [-0.25, -0.2) is 4.79 Å². The van der Waals surface area contributed by atoms with E-state index in [2.05, 4.69) is 6.58 Å². The van der Waals surface area contributed by atoms with E-state index < -0.39 is 6.10 Å². The van der Waals surface area contributed by atoms with Gasteiger partial charge in [-0.2, -0.15) is 0 Å². The standard InChI is InChI=1S/C15H20O4/c1-3-4-5-6-7-10-8-13-12(14(16)18-2)9-11(10)15(17)19-13/h3,9-11,13H,1,4-8H2,2H3/t10-,11-,13-/m0/s1. The molecule has 1 aliphatic carbocycles. The number of ether oxygens (including phenoxy) is 2. The highest BCUT2D eigenvalue weighted by molar-refractivity contribution is 5.93. The predicted octanol–water partition coefficient (Wildman–Crippen LogP) is 2.39. The van der Waals surface area contributed by atoms with Crippen molar-refractivity contribution in [3.8, 4) is 0 Å². The molecule has 0 N–H and O–H groups in total. The number of rotatable bonds is 6. The monoisotopic (exact) mass is 264 g/mol. The van der Waals surface area contributed by atoms with E-state index in [1.54, 1.807) is 6.08 Å². The highest BCUT2D eigenvalue weighted by atomic mass is 16.6. The zero-order valence-electron chi connectivity index (χ0n) is 11.3. The lowest BCUT2D eigenvalue weighted by molar-refractivity contribution is -0.164. The molecule has 0 aromatic rings. The SMILES string of the molecule is C=CCCCC[C@H]1C[C@@H]2OC(=O)[C@H]1C=C2C(=O)OC. The van der Waals surface area contributed by atoms with E-state index in [0.29, 0.717) is 11.5 Å². The van der Waals surface area contributed by atoms with E-state index >= 15 is 0 Å². The van der Waals surface area contributed by atoms with Gasteiger partial charge >= 0.3 is 11.9 Å². The van der Waals surface area contributed by atoms with Gasteiger partial charge < -0.3 is 9.47 Å². The van der Waals surface area contributed by atoms with E-state index in [-0.39, 0.29) is 17.9 Å². The molecule has 0 aromatic carbocycles. The van der Waals surface area contributed by atoms with Crippen molar-refractivity contribution in [1.29, 1.82) is 0 Å². The van der Waals surface area contributed by atoms with Crippen LogP contribution in [0.1, 0.15) is 32.1 Å². The summed E-state index contributed by atoms with van der Waals surface area (Å²) in [6, 6.07) is 0. The number of esters is 2. The van der Waals surface area contributed by atoms with Crippen molar-refractivity contribution in [3.05, 3.63) is 24.3 Å². The number of allylic oxidation sites excluding steroid dienone is 1. The zero-order chi connectivity index (χ0) is 13.8. The molecule has 1 saturated heterocycles. The van der Waals surface area contributed by atoms with Crippen LogP contribution in [0.4, 0.5) is 0 Å². The first-order valence-electron chi connectivity index (χ1n) is 6.78. The van der Waals surface area contributed by atoms with Crippen LogP contribution in [0.25, 0.3) is 0 Å². The normalized spacial score (nSPS) is 28.6. The second-order valence-electron chi connectivity index (χ2n) is 5.13. The van der Waals surface area contributed by atoms with Crippen molar-refractivity contribution >= 4 is 11.9 Å². The first kappa shape index (κ1) is 13.8. The molecule has 2 bridgehead atoms. The molecule has 2 heterocycles. The number of unbranched alkanes of at least 4 members (excludes halogenated alkanes) is 2. The fourth-order valence-corrected chi connectivity index (χ4v) is 2.89. The third-order valence-corrected chi connectivity index (χ3v) is 3.92. The Bertz CT molecular complexity index is 410. The van der Waals surface area contributed by atoms with E-state index in [0.717, 1.165) is 32.1 Å². The van der Waals surface area contributed by atoms with Gasteiger partial charge in [-0.3, -0.25) is 4.79 Å². The van der Waals surface area contributed by atoms with Gasteiger partial charge in [0.1, 0.15) is 6.10 Å². The summed E-state index contributed by atoms with van der Waals surface area (Å²) in [5.41, 5.74) is 0.509. The highest BCUT2D eigenvalue weighted by Crippen LogP contribution is 2.40. The van der Waals surface area contributed by atoms with Crippen LogP contribution in [-0.2, 0) is 19.1 Å². The van der Waals surface area contributed by atoms with Crippen LogP contribution in [0.2, 0.25) is 0 Å². The number of carbonyl (C=O) groups excluding carboxylic acids is 2. The van der Waals surface area contributed by atoms with Crippen LogP contribution in [-0.4, -0.2) is 25.2 Å². The second kappa shape index (κ2) is 6.04. The van der Waals surface area contributed by atoms with Gasteiger partial charge in [-0.15, -0.1) is 6.58 Å². The Morgan fingerprint density at radius 2 is 2.37 bits per heavy atom. The molecule has 0 aromatic heterocycles. The van der Waals surface area contributed by atoms with Gasteiger partial charge in [0.05, 0.1) is 18.6 Å². The minimum atomic E-state index is -0.408. The van der Waals surface area contributed by atoms with Crippen molar-refractivity contribution < 1.29 is 19.1 Å². The van der Waals surface area contributed by atoms with Crippen LogP contribution in [0, 0.1) is 11.8 Å². The smallest absolute Gasteiger partial charge is 0.337 e. The molecule has 0 radical (unpaired) electrons. The van der Waals surface area contributed by atoms with Crippen molar-refractivity contribution in [1.82, 2.24) is 0 Å². The Morgan fingerprint density at radius 1 is 1.58 bits per heavy atom. The summed E-state index contributed by atoms with van der Waals surface area (Å²) in [5, 5.41) is 0. The molecule has 3 rings (SSSR count). The maximum absolute atomic E-state index is 11.8. The Labute approximate surface area is 113 Å². The van der Waals surface area contributed by atoms with E-state index in [4.69, 9.17) is 9.47 Å². The van der Waals surface area contributed by atoms with E-state index in [1.807, 2.05) is 6.08 Å². The summed E-state index contributed by atoms with van der Waals surface area (Å²) in [5.74, 6) is -0.558. The fraction of sp³-hybridized carbons (Fsp3) is 0.600. The Morgan fingerprint density at radius 3 is 3.00 bits per heavy atom. The summed E-state index contributed by atoms with van der Waals surface area (Å²) in [6.45, 7) is 3.70. The average molecular weight is 264 g/mol. The topological polar surface area (TPSA) is 52.6 Å². The molecule has 4 heteroatoms. The lowest BCUT2D eigenvalue weighted by atomic mass is 9.74. The quantitative estimate of drug-likeness (QED) is 0.420. The average Bonchev–Trinajstić information content (AvgIpc) is 2.42. The lowest BCUT2D eigenvalue weighted by Crippen LogP contribution is -2.44. The number of methoxy groups -OCH3 is 1. The highest BCUT2D eigenvalue weighted by Gasteiger charge is 2.45. The largest absolute Gasteiger partial charge is 0.466 e. The fourth-order valence-electron chi connectivity index (χ4n) is 2.89. The molecule has 19 heavy (non-hydrogen) atoms. The van der Waals surface area contributed by atoms with E-state index in [9.17, 15) is 9.59 Å². The summed E-state index contributed by atoms with van der Waals surface area (Å²) < 4.78 is 9.97. The number of hydrogen-bond acceptors (Lipinski definition) is 4. The van der Waals surface area contributed by atoms with Crippen LogP contribution in [0.15, 0.2) is 24.3 Å². The lowest BCUT2D eigenvalue weighted by Gasteiger charge is -2.39. The molecule has 104 valence electrons. The molecular formula is C15H20O4. The van der Waals surface area contributed by atoms with Gasteiger partial charge in [0.15, 0.2) is 0 Å². The summed E-state index contributed by atoms with van der Waals surface area (Å²) >= 11 is 0. The Kier molecular flexibility index (Phi) is 4.40. The molecule has 3 aliphatic rings. The summed E-state index contributed by atoms with van der Waals surface area (Å²) in [7, 11) is 1.35. The number of hydrogen-bond donors (Lipinski definition) is 0. The minimum absolute atomic E-state index is 0.197. The first-order chi connectivity index (χ1) is 9.17. The predicted molar refractivity (Wildman–Crippen MR) is 70.2 cm³/mol. The van der Waals surface area contributed by atoms with Gasteiger partial charge in [0.25, 0.3) is 0 Å². The minimum Gasteiger partial charge on any atom is -0.466 e. The number of fused-ring (bicyclic) bond motifs is 2. The molecule has 2 aliphatic heterocycles. The first-order valence-corrected chi connectivity index (χ1v) is 6.78. The summed E-state index contributed by atoms with van der Waals surface area (Å²) in [4.78, 5) is 23.4. The van der Waals surface area contributed by atoms with Crippen LogP contribution in [0.5, 0.6) is 0 Å². The van der Waals surface area contributed by atoms with Gasteiger partial charge in [0.2, 0.25) is 0 Å². The van der Waals surface area contributed by atoms with Crippen LogP contribution >= 0.6 is 0 Å². The maximum atomic E-state index is 11.8. The van der Waals surface area contributed by atoms with Crippen molar-refractivity contribution in [2.75, 3.05) is 7.11 Å². The van der Waals surface area contributed by atoms with Crippen molar-refractivity contribution in [2.24, 2.45) is 11.8 Å². The molecule has 0 saturated carbocycles. The maximum Gasteiger partial charge on any atom is 0.337 e. The molecule has 0 spiro atoms. The Hall–Kier alpha value is -1.58. The van der Waals surface area contributed by atoms with Gasteiger partial charge in [-0.05, 0) is 31.6 Å². The van der Waals surface area contributed by atoms with Gasteiger partial charge in [-0.1, -0.05) is 18.6 Å². The summed E-state index contributed by atoms with van der Waals surface area (Å²) in [6.07, 6.45) is 8.18. The van der Waals surface area contributed by atoms with Crippen molar-refractivity contribution in [3.63, 3.8) is 0 Å². The molecular weight excluding hydrogens is 244 g/mol.